The van der Waals surface area contributed by atoms with E-state index in [4.69, 9.17) is 5.11 Å². The summed E-state index contributed by atoms with van der Waals surface area (Å²) in [6, 6.07) is 9.37. The van der Waals surface area contributed by atoms with Gasteiger partial charge < -0.3 is 20.4 Å². The lowest BCUT2D eigenvalue weighted by atomic mass is 9.97. The molecule has 0 aromatic heterocycles. The van der Waals surface area contributed by atoms with Crippen LogP contribution in [0.15, 0.2) is 42.5 Å². The highest BCUT2D eigenvalue weighted by Crippen LogP contribution is 2.28. The summed E-state index contributed by atoms with van der Waals surface area (Å²) in [6.45, 7) is 0. The number of aromatic carboxylic acids is 1. The van der Waals surface area contributed by atoms with Crippen molar-refractivity contribution in [2.45, 2.75) is 0 Å². The van der Waals surface area contributed by atoms with Gasteiger partial charge in [-0.05, 0) is 24.3 Å². The molecule has 0 aliphatic rings. The number of hydrogen-bond donors (Lipinski definition) is 4. The van der Waals surface area contributed by atoms with Gasteiger partial charge in [-0.2, -0.15) is 0 Å². The molecule has 6 heteroatoms. The molecule has 0 aliphatic carbocycles. The highest BCUT2D eigenvalue weighted by Gasteiger charge is 2.18. The monoisotopic (exact) mass is 300 g/mol. The summed E-state index contributed by atoms with van der Waals surface area (Å²) in [7, 11) is 0. The van der Waals surface area contributed by atoms with Crippen molar-refractivity contribution < 1.29 is 30.0 Å². The maximum absolute atomic E-state index is 11.5. The minimum atomic E-state index is -1.33. The van der Waals surface area contributed by atoms with E-state index in [1.165, 1.54) is 36.4 Å². The summed E-state index contributed by atoms with van der Waals surface area (Å²) in [6.07, 6.45) is 1.15. The Hall–Kier alpha value is -3.28. The van der Waals surface area contributed by atoms with Crippen LogP contribution in [0.25, 0.3) is 11.6 Å². The first kappa shape index (κ1) is 15.1. The Kier molecular flexibility index (Phi) is 4.13. The quantitative estimate of drug-likeness (QED) is 0.509. The van der Waals surface area contributed by atoms with E-state index in [9.17, 15) is 24.9 Å². The molecule has 0 spiro atoms. The van der Waals surface area contributed by atoms with Crippen LogP contribution in [0, 0.1) is 0 Å². The zero-order valence-electron chi connectivity index (χ0n) is 11.2. The van der Waals surface area contributed by atoms with Gasteiger partial charge >= 0.3 is 11.9 Å². The zero-order valence-corrected chi connectivity index (χ0v) is 11.2. The first-order valence-electron chi connectivity index (χ1n) is 6.20. The van der Waals surface area contributed by atoms with E-state index < -0.39 is 11.9 Å². The predicted octanol–water partition coefficient (Wildman–Crippen LogP) is 2.42. The van der Waals surface area contributed by atoms with Crippen LogP contribution in [-0.4, -0.2) is 32.4 Å². The molecule has 6 nitrogen and oxygen atoms in total. The van der Waals surface area contributed by atoms with E-state index >= 15 is 0 Å². The SMILES string of the molecule is O=C(O)/C(=C/c1ccc(O)cc1O)c1ccccc1C(=O)O. The lowest BCUT2D eigenvalue weighted by molar-refractivity contribution is -0.130. The minimum Gasteiger partial charge on any atom is -0.508 e. The highest BCUT2D eigenvalue weighted by molar-refractivity contribution is 6.22. The number of phenols is 2. The van der Waals surface area contributed by atoms with Gasteiger partial charge in [0.05, 0.1) is 11.1 Å². The number of aliphatic carboxylic acids is 1. The van der Waals surface area contributed by atoms with E-state index in [1.54, 1.807) is 0 Å². The molecular weight excluding hydrogens is 288 g/mol. The van der Waals surface area contributed by atoms with Crippen LogP contribution in [0.2, 0.25) is 0 Å². The fourth-order valence-electron chi connectivity index (χ4n) is 1.97. The third-order valence-corrected chi connectivity index (χ3v) is 2.99. The Morgan fingerprint density at radius 3 is 2.09 bits per heavy atom. The summed E-state index contributed by atoms with van der Waals surface area (Å²) in [4.78, 5) is 22.7. The molecule has 2 aromatic rings. The largest absolute Gasteiger partial charge is 0.508 e. The van der Waals surface area contributed by atoms with Crippen molar-refractivity contribution in [3.63, 3.8) is 0 Å². The van der Waals surface area contributed by atoms with Crippen molar-refractivity contribution in [1.82, 2.24) is 0 Å². The Bertz CT molecular complexity index is 776. The molecule has 0 aliphatic heterocycles. The molecule has 0 amide bonds. The number of carbonyl (C=O) groups is 2. The fraction of sp³-hybridized carbons (Fsp3) is 0. The third-order valence-electron chi connectivity index (χ3n) is 2.99. The molecular formula is C16H12O6. The van der Waals surface area contributed by atoms with Crippen LogP contribution in [0.4, 0.5) is 0 Å². The molecule has 0 radical (unpaired) electrons. The third kappa shape index (κ3) is 3.06. The molecule has 2 rings (SSSR count). The van der Waals surface area contributed by atoms with Gasteiger partial charge in [-0.1, -0.05) is 18.2 Å². The maximum atomic E-state index is 11.5. The van der Waals surface area contributed by atoms with Crippen LogP contribution in [0.1, 0.15) is 21.5 Å². The Labute approximate surface area is 125 Å². The molecule has 0 saturated heterocycles. The van der Waals surface area contributed by atoms with Gasteiger partial charge in [0.2, 0.25) is 0 Å². The molecule has 2 aromatic carbocycles. The first-order chi connectivity index (χ1) is 10.4. The van der Waals surface area contributed by atoms with Crippen LogP contribution < -0.4 is 0 Å². The van der Waals surface area contributed by atoms with Crippen LogP contribution in [0.3, 0.4) is 0 Å². The van der Waals surface area contributed by atoms with Gasteiger partial charge in [0, 0.05) is 17.2 Å². The number of hydrogen-bond acceptors (Lipinski definition) is 4. The number of aromatic hydroxyl groups is 2. The van der Waals surface area contributed by atoms with Crippen molar-refractivity contribution in [3.05, 3.63) is 59.2 Å². The topological polar surface area (TPSA) is 115 Å². The molecule has 22 heavy (non-hydrogen) atoms. The number of phenolic OH excluding ortho intramolecular Hbond substituents is 2. The highest BCUT2D eigenvalue weighted by atomic mass is 16.4. The molecule has 0 bridgehead atoms. The maximum Gasteiger partial charge on any atom is 0.336 e. The molecule has 0 heterocycles. The molecule has 0 unspecified atom stereocenters. The number of carboxylic acid groups (broad SMARTS) is 2. The number of benzene rings is 2. The van der Waals surface area contributed by atoms with E-state index in [0.29, 0.717) is 0 Å². The molecule has 0 saturated carbocycles. The standard InChI is InChI=1S/C16H12O6/c17-10-6-5-9(14(18)8-10)7-13(16(21)22)11-3-1-2-4-12(11)15(19)20/h1-8,17-18H,(H,19,20)(H,21,22)/b13-7+. The van der Waals surface area contributed by atoms with Crippen LogP contribution >= 0.6 is 0 Å². The van der Waals surface area contributed by atoms with E-state index in [1.807, 2.05) is 0 Å². The zero-order chi connectivity index (χ0) is 16.3. The molecule has 4 N–H and O–H groups in total. The Morgan fingerprint density at radius 2 is 1.55 bits per heavy atom. The summed E-state index contributed by atoms with van der Waals surface area (Å²) in [5, 5.41) is 37.5. The number of carboxylic acids is 2. The van der Waals surface area contributed by atoms with Gasteiger partial charge in [-0.25, -0.2) is 9.59 Å². The normalized spacial score (nSPS) is 11.2. The van der Waals surface area contributed by atoms with Crippen LogP contribution in [0.5, 0.6) is 11.5 Å². The average Bonchev–Trinajstić information content (AvgIpc) is 2.46. The second-order valence-electron chi connectivity index (χ2n) is 4.46. The summed E-state index contributed by atoms with van der Waals surface area (Å²) in [5.74, 6) is -3.07. The van der Waals surface area contributed by atoms with Gasteiger partial charge in [0.25, 0.3) is 0 Å². The minimum absolute atomic E-state index is 0.0231. The second kappa shape index (κ2) is 6.01. The summed E-state index contributed by atoms with van der Waals surface area (Å²) < 4.78 is 0. The second-order valence-corrected chi connectivity index (χ2v) is 4.46. The number of rotatable bonds is 4. The Balaban J connectivity index is 2.63. The van der Waals surface area contributed by atoms with Crippen molar-refractivity contribution in [2.24, 2.45) is 0 Å². The van der Waals surface area contributed by atoms with E-state index in [2.05, 4.69) is 0 Å². The Morgan fingerprint density at radius 1 is 0.909 bits per heavy atom. The van der Waals surface area contributed by atoms with Crippen molar-refractivity contribution in [1.29, 1.82) is 0 Å². The van der Waals surface area contributed by atoms with Gasteiger partial charge in [-0.15, -0.1) is 0 Å². The van der Waals surface area contributed by atoms with Gasteiger partial charge in [0.1, 0.15) is 11.5 Å². The lowest BCUT2D eigenvalue weighted by Crippen LogP contribution is -2.07. The van der Waals surface area contributed by atoms with E-state index in [0.717, 1.165) is 12.1 Å². The molecule has 0 atom stereocenters. The lowest BCUT2D eigenvalue weighted by Gasteiger charge is -2.08. The average molecular weight is 300 g/mol. The molecule has 112 valence electrons. The van der Waals surface area contributed by atoms with Gasteiger partial charge in [-0.3, -0.25) is 0 Å². The molecule has 0 fully saturated rings. The predicted molar refractivity (Wildman–Crippen MR) is 78.7 cm³/mol. The fourth-order valence-corrected chi connectivity index (χ4v) is 1.97. The van der Waals surface area contributed by atoms with Gasteiger partial charge in [0.15, 0.2) is 0 Å². The first-order valence-corrected chi connectivity index (χ1v) is 6.20. The summed E-state index contributed by atoms with van der Waals surface area (Å²) in [5.41, 5.74) is -0.265. The van der Waals surface area contributed by atoms with Crippen LogP contribution in [-0.2, 0) is 4.79 Å². The van der Waals surface area contributed by atoms with Crippen molar-refractivity contribution >= 4 is 23.6 Å². The van der Waals surface area contributed by atoms with Crippen molar-refractivity contribution in [2.75, 3.05) is 0 Å². The summed E-state index contributed by atoms with van der Waals surface area (Å²) >= 11 is 0. The van der Waals surface area contributed by atoms with Crippen molar-refractivity contribution in [3.8, 4) is 11.5 Å². The van der Waals surface area contributed by atoms with E-state index in [-0.39, 0.29) is 33.8 Å². The smallest absolute Gasteiger partial charge is 0.336 e.